The normalized spacial score (nSPS) is 26.7. The first-order valence-corrected chi connectivity index (χ1v) is 9.52. The van der Waals surface area contributed by atoms with Crippen LogP contribution in [0.4, 0.5) is 0 Å². The van der Waals surface area contributed by atoms with Gasteiger partial charge in [-0.3, -0.25) is 4.79 Å². The molecule has 1 amide bonds. The van der Waals surface area contributed by atoms with E-state index in [0.29, 0.717) is 32.4 Å². The van der Waals surface area contributed by atoms with Crippen molar-refractivity contribution < 1.29 is 18.3 Å². The van der Waals surface area contributed by atoms with Gasteiger partial charge in [-0.2, -0.15) is 4.31 Å². The number of rotatable bonds is 4. The number of sulfonamides is 1. The van der Waals surface area contributed by atoms with Gasteiger partial charge in [0.1, 0.15) is 6.04 Å². The van der Waals surface area contributed by atoms with Crippen molar-refractivity contribution >= 4 is 15.9 Å². The Bertz CT molecular complexity index is 485. The Hall–Kier alpha value is -0.660. The van der Waals surface area contributed by atoms with E-state index in [4.69, 9.17) is 0 Å². The molecule has 7 heteroatoms. The zero-order valence-corrected chi connectivity index (χ0v) is 13.7. The van der Waals surface area contributed by atoms with Crippen LogP contribution < -0.4 is 0 Å². The van der Waals surface area contributed by atoms with E-state index in [1.54, 1.807) is 7.05 Å². The van der Waals surface area contributed by atoms with Crippen molar-refractivity contribution in [1.29, 1.82) is 0 Å². The molecular weight excluding hydrogens is 292 g/mol. The summed E-state index contributed by atoms with van der Waals surface area (Å²) < 4.78 is 25.0. The molecule has 1 saturated heterocycles. The number of aliphatic hydroxyl groups is 1. The highest BCUT2D eigenvalue weighted by Gasteiger charge is 2.39. The number of carbonyl (C=O) groups is 1. The molecule has 2 aliphatic rings. The van der Waals surface area contributed by atoms with Gasteiger partial charge in [-0.1, -0.05) is 19.3 Å². The van der Waals surface area contributed by atoms with Crippen LogP contribution in [0.15, 0.2) is 0 Å². The minimum absolute atomic E-state index is 0.194. The second-order valence-electron chi connectivity index (χ2n) is 6.51. The Balaban J connectivity index is 2.06. The van der Waals surface area contributed by atoms with Crippen LogP contribution in [0.1, 0.15) is 44.9 Å². The first-order valence-electron chi connectivity index (χ1n) is 7.67. The summed E-state index contributed by atoms with van der Waals surface area (Å²) in [6.45, 7) is 0.702. The molecule has 6 nitrogen and oxygen atoms in total. The lowest BCUT2D eigenvalue weighted by Crippen LogP contribution is -2.54. The maximum atomic E-state index is 12.6. The lowest BCUT2D eigenvalue weighted by molar-refractivity contribution is -0.138. The summed E-state index contributed by atoms with van der Waals surface area (Å²) in [6, 6.07) is -0.608. The number of amides is 1. The van der Waals surface area contributed by atoms with E-state index < -0.39 is 21.7 Å². The quantitative estimate of drug-likeness (QED) is 0.822. The summed E-state index contributed by atoms with van der Waals surface area (Å²) in [5.41, 5.74) is -0.797. The van der Waals surface area contributed by atoms with Crippen LogP contribution in [0.5, 0.6) is 0 Å². The molecule has 0 aromatic heterocycles. The van der Waals surface area contributed by atoms with Crippen molar-refractivity contribution in [2.75, 3.05) is 26.4 Å². The van der Waals surface area contributed by atoms with E-state index in [0.717, 1.165) is 31.9 Å². The molecule has 2 fully saturated rings. The van der Waals surface area contributed by atoms with Gasteiger partial charge in [-0.25, -0.2) is 8.42 Å². The maximum absolute atomic E-state index is 12.6. The highest BCUT2D eigenvalue weighted by Crippen LogP contribution is 2.30. The van der Waals surface area contributed by atoms with E-state index in [2.05, 4.69) is 0 Å². The van der Waals surface area contributed by atoms with E-state index in [-0.39, 0.29) is 5.91 Å². The molecule has 1 atom stereocenters. The highest BCUT2D eigenvalue weighted by atomic mass is 32.2. The van der Waals surface area contributed by atoms with Crippen LogP contribution in [0, 0.1) is 0 Å². The van der Waals surface area contributed by atoms with Gasteiger partial charge in [0.2, 0.25) is 15.9 Å². The monoisotopic (exact) mass is 318 g/mol. The number of hydrogen-bond acceptors (Lipinski definition) is 4. The molecule has 0 bridgehead atoms. The fourth-order valence-electron chi connectivity index (χ4n) is 3.51. The van der Waals surface area contributed by atoms with Crippen LogP contribution in [-0.4, -0.2) is 66.7 Å². The van der Waals surface area contributed by atoms with Gasteiger partial charge < -0.3 is 10.0 Å². The Morgan fingerprint density at radius 3 is 2.48 bits per heavy atom. The zero-order valence-electron chi connectivity index (χ0n) is 12.9. The van der Waals surface area contributed by atoms with E-state index in [1.807, 2.05) is 0 Å². The lowest BCUT2D eigenvalue weighted by atomic mass is 10.00. The van der Waals surface area contributed by atoms with Gasteiger partial charge in [0.25, 0.3) is 0 Å². The molecule has 0 radical (unpaired) electrons. The van der Waals surface area contributed by atoms with Crippen LogP contribution in [-0.2, 0) is 14.8 Å². The third kappa shape index (κ3) is 3.96. The van der Waals surface area contributed by atoms with Gasteiger partial charge in [-0.05, 0) is 25.7 Å². The molecule has 1 N–H and O–H groups in total. The minimum atomic E-state index is -3.37. The van der Waals surface area contributed by atoms with Crippen LogP contribution in [0.3, 0.4) is 0 Å². The summed E-state index contributed by atoms with van der Waals surface area (Å²) in [7, 11) is -1.71. The van der Waals surface area contributed by atoms with Crippen molar-refractivity contribution in [1.82, 2.24) is 9.21 Å². The highest BCUT2D eigenvalue weighted by molar-refractivity contribution is 7.88. The van der Waals surface area contributed by atoms with Gasteiger partial charge in [0.15, 0.2) is 0 Å². The van der Waals surface area contributed by atoms with Gasteiger partial charge in [0.05, 0.1) is 11.9 Å². The summed E-state index contributed by atoms with van der Waals surface area (Å²) in [4.78, 5) is 14.1. The number of likely N-dealkylation sites (N-methyl/N-ethyl adjacent to an activating group) is 1. The third-order valence-corrected chi connectivity index (χ3v) is 5.90. The summed E-state index contributed by atoms with van der Waals surface area (Å²) >= 11 is 0. The van der Waals surface area contributed by atoms with Gasteiger partial charge in [0, 0.05) is 20.1 Å². The Kier molecular flexibility index (Phi) is 4.95. The molecule has 122 valence electrons. The Labute approximate surface area is 127 Å². The summed E-state index contributed by atoms with van der Waals surface area (Å²) in [5.74, 6) is -0.194. The predicted octanol–water partition coefficient (Wildman–Crippen LogP) is 0.564. The molecule has 0 aromatic rings. The second-order valence-corrected chi connectivity index (χ2v) is 8.45. The van der Waals surface area contributed by atoms with Crippen LogP contribution in [0.25, 0.3) is 0 Å². The van der Waals surface area contributed by atoms with Gasteiger partial charge >= 0.3 is 0 Å². The molecule has 0 spiro atoms. The average molecular weight is 318 g/mol. The molecule has 1 aliphatic carbocycles. The average Bonchev–Trinajstić information content (AvgIpc) is 2.83. The number of carbonyl (C=O) groups excluding carboxylic acids is 1. The maximum Gasteiger partial charge on any atom is 0.240 e. The molecule has 21 heavy (non-hydrogen) atoms. The standard InChI is InChI=1S/C14H26N2O4S/c1-15(11-14(18)8-4-5-9-14)13(17)12-7-3-6-10-16(12)21(2,19)20/h12,18H,3-11H2,1-2H3. The van der Waals surface area contributed by atoms with Crippen LogP contribution >= 0.6 is 0 Å². The predicted molar refractivity (Wildman–Crippen MR) is 80.2 cm³/mol. The summed E-state index contributed by atoms with van der Waals surface area (Å²) in [5, 5.41) is 10.4. The fourth-order valence-corrected chi connectivity index (χ4v) is 4.63. The first-order chi connectivity index (χ1) is 9.73. The van der Waals surface area contributed by atoms with Crippen molar-refractivity contribution in [2.24, 2.45) is 0 Å². The van der Waals surface area contributed by atoms with E-state index in [9.17, 15) is 18.3 Å². The molecule has 0 aromatic carbocycles. The lowest BCUT2D eigenvalue weighted by Gasteiger charge is -2.37. The molecular formula is C14H26N2O4S. The second kappa shape index (κ2) is 6.22. The Morgan fingerprint density at radius 1 is 1.29 bits per heavy atom. The van der Waals surface area contributed by atoms with Crippen LogP contribution in [0.2, 0.25) is 0 Å². The fraction of sp³-hybridized carbons (Fsp3) is 0.929. The largest absolute Gasteiger partial charge is 0.388 e. The van der Waals surface area contributed by atoms with Gasteiger partial charge in [-0.15, -0.1) is 0 Å². The molecule has 2 rings (SSSR count). The zero-order chi connectivity index (χ0) is 15.7. The van der Waals surface area contributed by atoms with Crippen molar-refractivity contribution in [3.05, 3.63) is 0 Å². The van der Waals surface area contributed by atoms with E-state index in [1.165, 1.54) is 9.21 Å². The molecule has 1 aliphatic heterocycles. The molecule has 1 unspecified atom stereocenters. The number of nitrogens with zero attached hydrogens (tertiary/aromatic N) is 2. The number of piperidine rings is 1. The van der Waals surface area contributed by atoms with Crippen molar-refractivity contribution in [3.8, 4) is 0 Å². The molecule has 1 heterocycles. The first kappa shape index (κ1) is 16.7. The minimum Gasteiger partial charge on any atom is -0.388 e. The van der Waals surface area contributed by atoms with Crippen molar-refractivity contribution in [2.45, 2.75) is 56.6 Å². The Morgan fingerprint density at radius 2 is 1.90 bits per heavy atom. The topological polar surface area (TPSA) is 77.9 Å². The SMILES string of the molecule is CN(CC1(O)CCCC1)C(=O)C1CCCCN1S(C)(=O)=O. The van der Waals surface area contributed by atoms with Crippen molar-refractivity contribution in [3.63, 3.8) is 0 Å². The smallest absolute Gasteiger partial charge is 0.240 e. The molecule has 1 saturated carbocycles. The third-order valence-electron chi connectivity index (χ3n) is 4.61. The number of hydrogen-bond donors (Lipinski definition) is 1. The summed E-state index contributed by atoms with van der Waals surface area (Å²) in [6.07, 6.45) is 6.77. The van der Waals surface area contributed by atoms with E-state index >= 15 is 0 Å².